The summed E-state index contributed by atoms with van der Waals surface area (Å²) >= 11 is 0. The fourth-order valence-corrected chi connectivity index (χ4v) is 3.55. The Morgan fingerprint density at radius 3 is 2.26 bits per heavy atom. The van der Waals surface area contributed by atoms with Crippen molar-refractivity contribution in [1.29, 1.82) is 0 Å². The second-order valence-corrected chi connectivity index (χ2v) is 8.43. The van der Waals surface area contributed by atoms with E-state index in [0.29, 0.717) is 23.0 Å². The van der Waals surface area contributed by atoms with Gasteiger partial charge in [-0.3, -0.25) is 4.79 Å². The van der Waals surface area contributed by atoms with E-state index in [4.69, 9.17) is 5.11 Å². The van der Waals surface area contributed by atoms with Crippen molar-refractivity contribution < 1.29 is 23.1 Å². The summed E-state index contributed by atoms with van der Waals surface area (Å²) in [6, 6.07) is 10.7. The number of hydrogen-bond acceptors (Lipinski definition) is 8. The van der Waals surface area contributed by atoms with Crippen molar-refractivity contribution in [3.8, 4) is 0 Å². The zero-order valence-electron chi connectivity index (χ0n) is 16.6. The van der Waals surface area contributed by atoms with Crippen LogP contribution in [0.25, 0.3) is 0 Å². The number of hydrogen-bond donors (Lipinski definition) is 4. The Labute approximate surface area is 178 Å². The van der Waals surface area contributed by atoms with E-state index in [-0.39, 0.29) is 16.0 Å². The highest BCUT2D eigenvalue weighted by molar-refractivity contribution is 7.90. The molecule has 31 heavy (non-hydrogen) atoms. The van der Waals surface area contributed by atoms with E-state index < -0.39 is 21.7 Å². The van der Waals surface area contributed by atoms with Crippen LogP contribution >= 0.6 is 0 Å². The molecular weight excluding hydrogens is 422 g/mol. The molecule has 0 bridgehead atoms. The number of sulfone groups is 1. The second kappa shape index (κ2) is 8.79. The van der Waals surface area contributed by atoms with Gasteiger partial charge in [0.1, 0.15) is 11.6 Å². The van der Waals surface area contributed by atoms with Crippen LogP contribution in [0.4, 0.5) is 23.0 Å². The first-order valence-electron chi connectivity index (χ1n) is 8.93. The van der Waals surface area contributed by atoms with E-state index in [1.54, 1.807) is 18.2 Å². The van der Waals surface area contributed by atoms with Crippen molar-refractivity contribution >= 4 is 44.7 Å². The summed E-state index contributed by atoms with van der Waals surface area (Å²) in [7, 11) is -2.05. The predicted molar refractivity (Wildman–Crippen MR) is 115 cm³/mol. The van der Waals surface area contributed by atoms with Crippen LogP contribution in [0.1, 0.15) is 20.7 Å². The van der Waals surface area contributed by atoms with Crippen molar-refractivity contribution in [2.45, 2.75) is 4.90 Å². The molecule has 0 saturated carbocycles. The first kappa shape index (κ1) is 21.7. The number of carboxylic acid groups (broad SMARTS) is 1. The fraction of sp³-hybridized carbons (Fsp3) is 0.100. The number of amides is 1. The molecule has 2 heterocycles. The van der Waals surface area contributed by atoms with E-state index in [1.807, 2.05) is 0 Å². The molecule has 1 aromatic carbocycles. The third-order valence-electron chi connectivity index (χ3n) is 4.20. The van der Waals surface area contributed by atoms with Gasteiger partial charge in [0.25, 0.3) is 5.91 Å². The molecule has 1 amide bonds. The van der Waals surface area contributed by atoms with Gasteiger partial charge in [-0.15, -0.1) is 0 Å². The molecule has 3 rings (SSSR count). The minimum absolute atomic E-state index is 0.0354. The quantitative estimate of drug-likeness (QED) is 0.433. The summed E-state index contributed by atoms with van der Waals surface area (Å²) in [5, 5.41) is 17.4. The lowest BCUT2D eigenvalue weighted by atomic mass is 10.2. The maximum atomic E-state index is 12.3. The molecule has 2 aromatic heterocycles. The second-order valence-electron chi connectivity index (χ2n) is 6.45. The van der Waals surface area contributed by atoms with Crippen LogP contribution in [-0.2, 0) is 9.84 Å². The third-order valence-corrected chi connectivity index (χ3v) is 5.35. The average Bonchev–Trinajstić information content (AvgIpc) is 2.73. The Balaban J connectivity index is 1.98. The zero-order valence-corrected chi connectivity index (χ0v) is 17.4. The summed E-state index contributed by atoms with van der Waals surface area (Å²) in [4.78, 5) is 31.5. The zero-order chi connectivity index (χ0) is 22.6. The van der Waals surface area contributed by atoms with Crippen LogP contribution in [0.15, 0.2) is 59.8 Å². The predicted octanol–water partition coefficient (Wildman–Crippen LogP) is 2.43. The van der Waals surface area contributed by atoms with E-state index >= 15 is 0 Å². The van der Waals surface area contributed by atoms with Crippen molar-refractivity contribution in [2.24, 2.45) is 0 Å². The molecule has 0 aliphatic carbocycles. The van der Waals surface area contributed by atoms with Crippen molar-refractivity contribution in [3.63, 3.8) is 0 Å². The van der Waals surface area contributed by atoms with Crippen LogP contribution in [0, 0.1) is 0 Å². The Kier molecular flexibility index (Phi) is 6.16. The Hall–Kier alpha value is -3.99. The van der Waals surface area contributed by atoms with Gasteiger partial charge in [0.15, 0.2) is 9.84 Å². The number of para-hydroxylation sites is 1. The SMILES string of the molecule is CNC(=O)c1cnc(Nc2ccc(C(=O)O)cn2)cc1Nc1ccccc1S(C)(=O)=O. The van der Waals surface area contributed by atoms with E-state index in [2.05, 4.69) is 25.9 Å². The van der Waals surface area contributed by atoms with Gasteiger partial charge >= 0.3 is 5.97 Å². The maximum absolute atomic E-state index is 12.3. The number of nitrogens with one attached hydrogen (secondary N) is 3. The van der Waals surface area contributed by atoms with Gasteiger partial charge in [0.05, 0.1) is 27.4 Å². The molecule has 0 saturated heterocycles. The maximum Gasteiger partial charge on any atom is 0.337 e. The largest absolute Gasteiger partial charge is 0.478 e. The van der Waals surface area contributed by atoms with Gasteiger partial charge in [-0.05, 0) is 24.3 Å². The molecule has 4 N–H and O–H groups in total. The molecule has 0 aliphatic rings. The average molecular weight is 441 g/mol. The summed E-state index contributed by atoms with van der Waals surface area (Å²) in [6.07, 6.45) is 3.63. The summed E-state index contributed by atoms with van der Waals surface area (Å²) in [6.45, 7) is 0. The molecular formula is C20H19N5O5S. The van der Waals surface area contributed by atoms with E-state index in [1.165, 1.54) is 43.7 Å². The van der Waals surface area contributed by atoms with E-state index in [9.17, 15) is 18.0 Å². The van der Waals surface area contributed by atoms with Crippen molar-refractivity contribution in [1.82, 2.24) is 15.3 Å². The molecule has 160 valence electrons. The number of carboxylic acids is 1. The molecule has 0 aliphatic heterocycles. The number of nitrogens with zero attached hydrogens (tertiary/aromatic N) is 2. The van der Waals surface area contributed by atoms with Gasteiger partial charge in [-0.1, -0.05) is 12.1 Å². The molecule has 11 heteroatoms. The van der Waals surface area contributed by atoms with Gasteiger partial charge in [0.2, 0.25) is 0 Å². The number of carbonyl (C=O) groups excluding carboxylic acids is 1. The number of rotatable bonds is 7. The van der Waals surface area contributed by atoms with Gasteiger partial charge in [-0.25, -0.2) is 23.2 Å². The lowest BCUT2D eigenvalue weighted by Crippen LogP contribution is -2.20. The lowest BCUT2D eigenvalue weighted by molar-refractivity contribution is 0.0696. The molecule has 0 atom stereocenters. The lowest BCUT2D eigenvalue weighted by Gasteiger charge is -2.15. The third kappa shape index (κ3) is 5.14. The molecule has 0 spiro atoms. The summed E-state index contributed by atoms with van der Waals surface area (Å²) in [5.41, 5.74) is 0.852. The number of aromatic nitrogens is 2. The Bertz CT molecular complexity index is 1240. The van der Waals surface area contributed by atoms with Crippen LogP contribution in [0.5, 0.6) is 0 Å². The first-order chi connectivity index (χ1) is 14.7. The number of aromatic carboxylic acids is 1. The molecule has 10 nitrogen and oxygen atoms in total. The monoisotopic (exact) mass is 441 g/mol. The van der Waals surface area contributed by atoms with Gasteiger partial charge in [0, 0.05) is 31.8 Å². The van der Waals surface area contributed by atoms with Crippen LogP contribution in [0.2, 0.25) is 0 Å². The van der Waals surface area contributed by atoms with Crippen molar-refractivity contribution in [3.05, 3.63) is 66.0 Å². The summed E-state index contributed by atoms with van der Waals surface area (Å²) in [5.74, 6) is -0.860. The standard InChI is InChI=1S/C20H19N5O5S/c1-21-19(26)13-11-23-18(25-17-8-7-12(10-22-17)20(27)28)9-15(13)24-14-5-3-4-6-16(14)31(2,29)30/h3-11H,1-2H3,(H,21,26)(H,27,28)(H2,22,23,24,25). The Morgan fingerprint density at radius 1 is 0.935 bits per heavy atom. The highest BCUT2D eigenvalue weighted by Gasteiger charge is 2.17. The number of benzene rings is 1. The number of anilines is 4. The van der Waals surface area contributed by atoms with Crippen LogP contribution in [-0.4, -0.2) is 48.7 Å². The minimum Gasteiger partial charge on any atom is -0.478 e. The van der Waals surface area contributed by atoms with Gasteiger partial charge in [-0.2, -0.15) is 0 Å². The van der Waals surface area contributed by atoms with Crippen LogP contribution < -0.4 is 16.0 Å². The molecule has 0 radical (unpaired) electrons. The van der Waals surface area contributed by atoms with Crippen LogP contribution in [0.3, 0.4) is 0 Å². The van der Waals surface area contributed by atoms with E-state index in [0.717, 1.165) is 6.26 Å². The molecule has 3 aromatic rings. The number of pyridine rings is 2. The normalized spacial score (nSPS) is 10.9. The van der Waals surface area contributed by atoms with Gasteiger partial charge < -0.3 is 21.1 Å². The minimum atomic E-state index is -3.51. The molecule has 0 unspecified atom stereocenters. The number of carbonyl (C=O) groups is 2. The Morgan fingerprint density at radius 2 is 1.65 bits per heavy atom. The molecule has 0 fully saturated rings. The highest BCUT2D eigenvalue weighted by atomic mass is 32.2. The summed E-state index contributed by atoms with van der Waals surface area (Å²) < 4.78 is 24.2. The highest BCUT2D eigenvalue weighted by Crippen LogP contribution is 2.28. The van der Waals surface area contributed by atoms with Crippen molar-refractivity contribution in [2.75, 3.05) is 23.9 Å². The first-order valence-corrected chi connectivity index (χ1v) is 10.8. The fourth-order valence-electron chi connectivity index (χ4n) is 2.71. The topological polar surface area (TPSA) is 150 Å². The smallest absolute Gasteiger partial charge is 0.337 e.